The number of ketones is 1. The first-order valence-corrected chi connectivity index (χ1v) is 10.1. The van der Waals surface area contributed by atoms with Gasteiger partial charge in [0, 0.05) is 31.6 Å². The standard InChI is InChI=1S/C21H29FN2O4/c1-3-28-21(26)23-11-8-17(9-12-23)24-10-4-5-15(14-24)20(25)18-13-16(22)6-7-19(18)27-2/h6-7,13,15,17H,3-5,8-12,14H2,1-2H3/t15-/m1/s1. The van der Waals surface area contributed by atoms with Crippen LogP contribution in [-0.4, -0.2) is 67.6 Å². The second-order valence-electron chi connectivity index (χ2n) is 7.46. The molecule has 2 saturated heterocycles. The van der Waals surface area contributed by atoms with Crippen LogP contribution in [0.25, 0.3) is 0 Å². The molecule has 0 aromatic heterocycles. The molecule has 0 unspecified atom stereocenters. The summed E-state index contributed by atoms with van der Waals surface area (Å²) >= 11 is 0. The molecule has 28 heavy (non-hydrogen) atoms. The van der Waals surface area contributed by atoms with Crippen LogP contribution in [0.1, 0.15) is 43.0 Å². The molecule has 0 saturated carbocycles. The molecule has 0 N–H and O–H groups in total. The van der Waals surface area contributed by atoms with E-state index >= 15 is 0 Å². The van der Waals surface area contributed by atoms with E-state index in [1.54, 1.807) is 4.90 Å². The zero-order valence-electron chi connectivity index (χ0n) is 16.7. The molecule has 1 amide bonds. The Morgan fingerprint density at radius 1 is 1.18 bits per heavy atom. The van der Waals surface area contributed by atoms with Gasteiger partial charge in [-0.2, -0.15) is 0 Å². The number of ether oxygens (including phenoxy) is 2. The van der Waals surface area contributed by atoms with E-state index < -0.39 is 5.82 Å². The number of carbonyl (C=O) groups is 2. The molecule has 154 valence electrons. The molecule has 3 rings (SSSR count). The van der Waals surface area contributed by atoms with Crippen molar-refractivity contribution in [3.63, 3.8) is 0 Å². The smallest absolute Gasteiger partial charge is 0.409 e. The van der Waals surface area contributed by atoms with Crippen LogP contribution in [0, 0.1) is 11.7 Å². The fraction of sp³-hybridized carbons (Fsp3) is 0.619. The lowest BCUT2D eigenvalue weighted by molar-refractivity contribution is 0.0531. The van der Waals surface area contributed by atoms with Crippen LogP contribution >= 0.6 is 0 Å². The summed E-state index contributed by atoms with van der Waals surface area (Å²) in [7, 11) is 1.49. The highest BCUT2D eigenvalue weighted by atomic mass is 19.1. The fourth-order valence-corrected chi connectivity index (χ4v) is 4.27. The maximum atomic E-state index is 13.7. The normalized spacial score (nSPS) is 21.4. The summed E-state index contributed by atoms with van der Waals surface area (Å²) in [5.74, 6) is -0.216. The number of rotatable bonds is 5. The van der Waals surface area contributed by atoms with Gasteiger partial charge in [-0.05, 0) is 57.4 Å². The third-order valence-electron chi connectivity index (χ3n) is 5.76. The number of hydrogen-bond acceptors (Lipinski definition) is 5. The average Bonchev–Trinajstić information content (AvgIpc) is 2.73. The van der Waals surface area contributed by atoms with Gasteiger partial charge in [0.2, 0.25) is 0 Å². The molecule has 2 fully saturated rings. The lowest BCUT2D eigenvalue weighted by Gasteiger charge is -2.41. The number of Topliss-reactive ketones (excluding diaryl/α,β-unsaturated/α-hetero) is 1. The summed E-state index contributed by atoms with van der Waals surface area (Å²) < 4.78 is 24.0. The van der Waals surface area contributed by atoms with Crippen LogP contribution in [0.4, 0.5) is 9.18 Å². The summed E-state index contributed by atoms with van der Waals surface area (Å²) in [6.45, 7) is 5.17. The highest BCUT2D eigenvalue weighted by Crippen LogP contribution is 2.29. The number of likely N-dealkylation sites (tertiary alicyclic amines) is 2. The van der Waals surface area contributed by atoms with Crippen molar-refractivity contribution in [2.45, 2.75) is 38.6 Å². The predicted octanol–water partition coefficient (Wildman–Crippen LogP) is 3.35. The highest BCUT2D eigenvalue weighted by Gasteiger charge is 2.34. The number of hydrogen-bond donors (Lipinski definition) is 0. The van der Waals surface area contributed by atoms with Crippen LogP contribution in [-0.2, 0) is 4.74 Å². The number of piperidine rings is 2. The minimum absolute atomic E-state index is 0.0509. The van der Waals surface area contributed by atoms with Crippen LogP contribution in [0.2, 0.25) is 0 Å². The Morgan fingerprint density at radius 3 is 2.61 bits per heavy atom. The molecule has 2 heterocycles. The maximum Gasteiger partial charge on any atom is 0.409 e. The van der Waals surface area contributed by atoms with Crippen LogP contribution in [0.5, 0.6) is 5.75 Å². The second kappa shape index (κ2) is 9.37. The molecule has 0 radical (unpaired) electrons. The fourth-order valence-electron chi connectivity index (χ4n) is 4.27. The van der Waals surface area contributed by atoms with Gasteiger partial charge in [0.25, 0.3) is 0 Å². The Kier molecular flexibility index (Phi) is 6.88. The van der Waals surface area contributed by atoms with Gasteiger partial charge in [-0.3, -0.25) is 9.69 Å². The Morgan fingerprint density at radius 2 is 1.93 bits per heavy atom. The summed E-state index contributed by atoms with van der Waals surface area (Å²) in [6.07, 6.45) is 3.25. The second-order valence-corrected chi connectivity index (χ2v) is 7.46. The minimum Gasteiger partial charge on any atom is -0.496 e. The Bertz CT molecular complexity index is 704. The SMILES string of the molecule is CCOC(=O)N1CCC(N2CCC[C@@H](C(=O)c3cc(F)ccc3OC)C2)CC1. The molecule has 0 aliphatic carbocycles. The molecule has 1 aromatic carbocycles. The van der Waals surface area contributed by atoms with Crippen molar-refractivity contribution in [1.29, 1.82) is 0 Å². The van der Waals surface area contributed by atoms with Crippen molar-refractivity contribution in [3.05, 3.63) is 29.6 Å². The average molecular weight is 392 g/mol. The van der Waals surface area contributed by atoms with Crippen LogP contribution in [0.15, 0.2) is 18.2 Å². The monoisotopic (exact) mass is 392 g/mol. The molecule has 1 aromatic rings. The summed E-state index contributed by atoms with van der Waals surface area (Å²) in [5, 5.41) is 0. The van der Waals surface area contributed by atoms with E-state index in [0.29, 0.717) is 43.6 Å². The van der Waals surface area contributed by atoms with Crippen LogP contribution < -0.4 is 4.74 Å². The summed E-state index contributed by atoms with van der Waals surface area (Å²) in [5.41, 5.74) is 0.325. The molecule has 1 atom stereocenters. The molecule has 0 spiro atoms. The van der Waals surface area contributed by atoms with Crippen molar-refractivity contribution in [2.24, 2.45) is 5.92 Å². The van der Waals surface area contributed by atoms with Gasteiger partial charge in [0.1, 0.15) is 11.6 Å². The lowest BCUT2D eigenvalue weighted by atomic mass is 9.88. The van der Waals surface area contributed by atoms with Crippen molar-refractivity contribution >= 4 is 11.9 Å². The van der Waals surface area contributed by atoms with Crippen LogP contribution in [0.3, 0.4) is 0 Å². The van der Waals surface area contributed by atoms with E-state index in [4.69, 9.17) is 9.47 Å². The number of nitrogens with zero attached hydrogens (tertiary/aromatic N) is 2. The number of amides is 1. The van der Waals surface area contributed by atoms with Gasteiger partial charge in [-0.1, -0.05) is 0 Å². The third-order valence-corrected chi connectivity index (χ3v) is 5.76. The van der Waals surface area contributed by atoms with Gasteiger partial charge in [-0.15, -0.1) is 0 Å². The van der Waals surface area contributed by atoms with Crippen molar-refractivity contribution in [1.82, 2.24) is 9.80 Å². The Balaban J connectivity index is 1.61. The zero-order valence-corrected chi connectivity index (χ0v) is 16.7. The van der Waals surface area contributed by atoms with Gasteiger partial charge in [0.05, 0.1) is 19.3 Å². The van der Waals surface area contributed by atoms with Crippen molar-refractivity contribution in [2.75, 3.05) is 39.9 Å². The maximum absolute atomic E-state index is 13.7. The van der Waals surface area contributed by atoms with Gasteiger partial charge in [0.15, 0.2) is 5.78 Å². The Labute approximate surface area is 165 Å². The number of benzene rings is 1. The first kappa shape index (κ1) is 20.6. The first-order valence-electron chi connectivity index (χ1n) is 10.1. The van der Waals surface area contributed by atoms with E-state index in [9.17, 15) is 14.0 Å². The molecular weight excluding hydrogens is 363 g/mol. The lowest BCUT2D eigenvalue weighted by Crippen LogP contribution is -2.50. The van der Waals surface area contributed by atoms with Crippen molar-refractivity contribution in [3.8, 4) is 5.75 Å². The first-order chi connectivity index (χ1) is 13.5. The largest absolute Gasteiger partial charge is 0.496 e. The topological polar surface area (TPSA) is 59.1 Å². The van der Waals surface area contributed by atoms with E-state index in [-0.39, 0.29) is 17.8 Å². The minimum atomic E-state index is -0.428. The van der Waals surface area contributed by atoms with Gasteiger partial charge in [-0.25, -0.2) is 9.18 Å². The van der Waals surface area contributed by atoms with Gasteiger partial charge < -0.3 is 14.4 Å². The molecule has 2 aliphatic rings. The predicted molar refractivity (Wildman–Crippen MR) is 103 cm³/mol. The highest BCUT2D eigenvalue weighted by molar-refractivity contribution is 6.00. The number of methoxy groups -OCH3 is 1. The molecule has 6 nitrogen and oxygen atoms in total. The van der Waals surface area contributed by atoms with Crippen molar-refractivity contribution < 1.29 is 23.5 Å². The van der Waals surface area contributed by atoms with E-state index in [2.05, 4.69) is 4.90 Å². The number of halogens is 1. The molecule has 7 heteroatoms. The Hall–Kier alpha value is -2.15. The van der Waals surface area contributed by atoms with Gasteiger partial charge >= 0.3 is 6.09 Å². The quantitative estimate of drug-likeness (QED) is 0.720. The molecular formula is C21H29FN2O4. The molecule has 0 bridgehead atoms. The zero-order chi connectivity index (χ0) is 20.1. The van der Waals surface area contributed by atoms with E-state index in [1.165, 1.54) is 25.3 Å². The summed E-state index contributed by atoms with van der Waals surface area (Å²) in [4.78, 5) is 29.0. The third kappa shape index (κ3) is 4.63. The molecule has 2 aliphatic heterocycles. The van der Waals surface area contributed by atoms with E-state index in [1.807, 2.05) is 6.92 Å². The van der Waals surface area contributed by atoms with E-state index in [0.717, 1.165) is 32.2 Å². The summed E-state index contributed by atoms with van der Waals surface area (Å²) in [6, 6.07) is 4.45. The number of carbonyl (C=O) groups excluding carboxylic acids is 2.